The summed E-state index contributed by atoms with van der Waals surface area (Å²) in [6.45, 7) is 10.7. The largest absolute Gasteiger partial charge is 0.492 e. The zero-order chi connectivity index (χ0) is 19.0. The lowest BCUT2D eigenvalue weighted by atomic mass is 9.55. The molecule has 0 bridgehead atoms. The Morgan fingerprint density at radius 3 is 2.74 bits per heavy atom. The highest BCUT2D eigenvalue weighted by atomic mass is 16.5. The zero-order valence-corrected chi connectivity index (χ0v) is 17.4. The molecule has 3 heteroatoms. The van der Waals surface area contributed by atoms with Gasteiger partial charge in [0.05, 0.1) is 6.10 Å². The normalized spacial score (nSPS) is 34.9. The molecule has 0 amide bonds. The topological polar surface area (TPSA) is 32.7 Å². The maximum atomic E-state index is 10.5. The van der Waals surface area contributed by atoms with Crippen LogP contribution in [0.2, 0.25) is 0 Å². The molecule has 3 nitrogen and oxygen atoms in total. The second-order valence-corrected chi connectivity index (χ2v) is 9.29. The molecular weight excluding hydrogens is 334 g/mol. The van der Waals surface area contributed by atoms with Crippen LogP contribution in [0.15, 0.2) is 18.2 Å². The van der Waals surface area contributed by atoms with Crippen LogP contribution in [0.25, 0.3) is 0 Å². The molecule has 0 radical (unpaired) electrons. The van der Waals surface area contributed by atoms with Crippen molar-refractivity contribution in [1.29, 1.82) is 0 Å². The summed E-state index contributed by atoms with van der Waals surface area (Å²) in [6.07, 6.45) is 7.04. The molecule has 1 aromatic carbocycles. The number of hydrogen-bond acceptors (Lipinski definition) is 3. The molecule has 3 aliphatic carbocycles. The summed E-state index contributed by atoms with van der Waals surface area (Å²) in [6, 6.07) is 6.86. The Bertz CT molecular complexity index is 656. The van der Waals surface area contributed by atoms with Crippen LogP contribution in [0.5, 0.6) is 5.75 Å². The summed E-state index contributed by atoms with van der Waals surface area (Å²) in [5, 5.41) is 10.5. The summed E-state index contributed by atoms with van der Waals surface area (Å²) >= 11 is 0. The first-order valence-corrected chi connectivity index (χ1v) is 11.2. The number of hydrogen-bond donors (Lipinski definition) is 1. The number of fused-ring (bicyclic) bond motifs is 5. The predicted octanol–water partition coefficient (Wildman–Crippen LogP) is 4.62. The van der Waals surface area contributed by atoms with E-state index in [1.807, 2.05) is 0 Å². The van der Waals surface area contributed by atoms with Crippen molar-refractivity contribution in [3.05, 3.63) is 29.3 Å². The third-order valence-corrected chi connectivity index (χ3v) is 8.22. The molecule has 27 heavy (non-hydrogen) atoms. The number of ether oxygens (including phenoxy) is 1. The minimum absolute atomic E-state index is 0.0774. The van der Waals surface area contributed by atoms with Crippen LogP contribution < -0.4 is 4.74 Å². The van der Waals surface area contributed by atoms with Crippen LogP contribution in [0.3, 0.4) is 0 Å². The first-order chi connectivity index (χ1) is 13.1. The number of likely N-dealkylation sites (N-methyl/N-ethyl adjacent to an activating group) is 1. The zero-order valence-electron chi connectivity index (χ0n) is 17.4. The molecule has 0 spiro atoms. The van der Waals surface area contributed by atoms with E-state index < -0.39 is 0 Å². The van der Waals surface area contributed by atoms with Crippen LogP contribution in [-0.2, 0) is 6.42 Å². The fourth-order valence-electron chi connectivity index (χ4n) is 6.45. The third-order valence-electron chi connectivity index (χ3n) is 8.22. The molecular formula is C24H37NO2. The molecule has 0 heterocycles. The second kappa shape index (κ2) is 7.75. The SMILES string of the molecule is CCN(CC)CCOc1ccc2c(c1)CC[C@@H]1[C@@H]2CC[C@]2(C)[C@H](O)CC[C@@H]12. The van der Waals surface area contributed by atoms with Crippen molar-refractivity contribution in [3.63, 3.8) is 0 Å². The molecule has 2 fully saturated rings. The van der Waals surface area contributed by atoms with Gasteiger partial charge < -0.3 is 14.7 Å². The Morgan fingerprint density at radius 2 is 1.96 bits per heavy atom. The first-order valence-electron chi connectivity index (χ1n) is 11.2. The van der Waals surface area contributed by atoms with Crippen LogP contribution in [0, 0.1) is 17.3 Å². The van der Waals surface area contributed by atoms with Gasteiger partial charge in [0.1, 0.15) is 12.4 Å². The Labute approximate surface area is 165 Å². The summed E-state index contributed by atoms with van der Waals surface area (Å²) in [5.41, 5.74) is 3.26. The fraction of sp³-hybridized carbons (Fsp3) is 0.750. The molecule has 4 rings (SSSR count). The van der Waals surface area contributed by atoms with E-state index in [0.29, 0.717) is 11.8 Å². The van der Waals surface area contributed by atoms with Crippen molar-refractivity contribution in [2.75, 3.05) is 26.2 Å². The van der Waals surface area contributed by atoms with E-state index in [1.165, 1.54) is 37.7 Å². The highest BCUT2D eigenvalue weighted by Crippen LogP contribution is 2.60. The predicted molar refractivity (Wildman–Crippen MR) is 110 cm³/mol. The number of nitrogens with zero attached hydrogens (tertiary/aromatic N) is 1. The summed E-state index contributed by atoms with van der Waals surface area (Å²) in [5.74, 6) is 3.21. The minimum Gasteiger partial charge on any atom is -0.492 e. The third kappa shape index (κ3) is 3.42. The van der Waals surface area contributed by atoms with Crippen LogP contribution in [0.1, 0.15) is 69.9 Å². The Kier molecular flexibility index (Phi) is 5.53. The van der Waals surface area contributed by atoms with Gasteiger partial charge in [-0.2, -0.15) is 0 Å². The fourth-order valence-corrected chi connectivity index (χ4v) is 6.45. The Hall–Kier alpha value is -1.06. The van der Waals surface area contributed by atoms with Gasteiger partial charge >= 0.3 is 0 Å². The molecule has 0 aliphatic heterocycles. The van der Waals surface area contributed by atoms with Gasteiger partial charge in [-0.15, -0.1) is 0 Å². The molecule has 0 saturated heterocycles. The summed E-state index contributed by atoms with van der Waals surface area (Å²) in [4.78, 5) is 2.40. The minimum atomic E-state index is -0.0774. The quantitative estimate of drug-likeness (QED) is 0.792. The van der Waals surface area contributed by atoms with Crippen molar-refractivity contribution in [3.8, 4) is 5.75 Å². The van der Waals surface area contributed by atoms with Gasteiger partial charge in [0.2, 0.25) is 0 Å². The van der Waals surface area contributed by atoms with Gasteiger partial charge in [-0.3, -0.25) is 0 Å². The van der Waals surface area contributed by atoms with Crippen molar-refractivity contribution >= 4 is 0 Å². The number of aliphatic hydroxyl groups excluding tert-OH is 1. The van der Waals surface area contributed by atoms with Crippen molar-refractivity contribution in [2.24, 2.45) is 17.3 Å². The van der Waals surface area contributed by atoms with E-state index in [-0.39, 0.29) is 11.5 Å². The van der Waals surface area contributed by atoms with Gasteiger partial charge in [0.25, 0.3) is 0 Å². The standard InChI is InChI=1S/C24H37NO2/c1-4-25(5-2)14-15-27-18-7-9-19-17(16-18)6-8-21-20(19)12-13-24(3)22(21)10-11-23(24)26/h7,9,16,20-23,26H,4-6,8,10-15H2,1-3H3/t20-,21-,22+,23-,24+/m1/s1. The molecule has 1 N–H and O–H groups in total. The molecule has 0 aromatic heterocycles. The van der Waals surface area contributed by atoms with Gasteiger partial charge in [-0.05, 0) is 98.0 Å². The molecule has 0 unspecified atom stereocenters. The van der Waals surface area contributed by atoms with Gasteiger partial charge in [0, 0.05) is 6.54 Å². The van der Waals surface area contributed by atoms with Crippen molar-refractivity contribution in [2.45, 2.75) is 71.3 Å². The lowest BCUT2D eigenvalue weighted by molar-refractivity contribution is -0.0226. The molecule has 5 atom stereocenters. The maximum Gasteiger partial charge on any atom is 0.119 e. The second-order valence-electron chi connectivity index (χ2n) is 9.29. The van der Waals surface area contributed by atoms with E-state index in [4.69, 9.17) is 4.74 Å². The highest BCUT2D eigenvalue weighted by molar-refractivity contribution is 5.40. The van der Waals surface area contributed by atoms with Crippen LogP contribution in [0.4, 0.5) is 0 Å². The van der Waals surface area contributed by atoms with E-state index in [2.05, 4.69) is 43.9 Å². The van der Waals surface area contributed by atoms with Crippen LogP contribution >= 0.6 is 0 Å². The smallest absolute Gasteiger partial charge is 0.119 e. The van der Waals surface area contributed by atoms with Gasteiger partial charge in [0.15, 0.2) is 0 Å². The number of aliphatic hydroxyl groups is 1. The number of rotatable bonds is 6. The van der Waals surface area contributed by atoms with E-state index in [1.54, 1.807) is 5.56 Å². The Morgan fingerprint density at radius 1 is 1.15 bits per heavy atom. The summed E-state index contributed by atoms with van der Waals surface area (Å²) in [7, 11) is 0. The van der Waals surface area contributed by atoms with E-state index >= 15 is 0 Å². The van der Waals surface area contributed by atoms with E-state index in [0.717, 1.165) is 44.3 Å². The molecule has 1 aromatic rings. The average Bonchev–Trinajstić information content (AvgIpc) is 3.00. The maximum absolute atomic E-state index is 10.5. The highest BCUT2D eigenvalue weighted by Gasteiger charge is 2.54. The molecule has 3 aliphatic rings. The monoisotopic (exact) mass is 371 g/mol. The van der Waals surface area contributed by atoms with Crippen molar-refractivity contribution < 1.29 is 9.84 Å². The molecule has 150 valence electrons. The van der Waals surface area contributed by atoms with Crippen molar-refractivity contribution in [1.82, 2.24) is 4.90 Å². The molecule has 2 saturated carbocycles. The lowest BCUT2D eigenvalue weighted by Crippen LogP contribution is -2.43. The van der Waals surface area contributed by atoms with Gasteiger partial charge in [-0.25, -0.2) is 0 Å². The van der Waals surface area contributed by atoms with E-state index in [9.17, 15) is 5.11 Å². The number of benzene rings is 1. The van der Waals surface area contributed by atoms with Gasteiger partial charge in [-0.1, -0.05) is 26.8 Å². The number of aryl methyl sites for hydroxylation is 1. The average molecular weight is 372 g/mol. The lowest BCUT2D eigenvalue weighted by Gasteiger charge is -2.50. The Balaban J connectivity index is 1.45. The first kappa shape index (κ1) is 19.3. The summed E-state index contributed by atoms with van der Waals surface area (Å²) < 4.78 is 6.07. The van der Waals surface area contributed by atoms with Crippen LogP contribution in [-0.4, -0.2) is 42.4 Å².